The molecule has 1 saturated heterocycles. The molecule has 0 bridgehead atoms. The van der Waals surface area contributed by atoms with Gasteiger partial charge in [0.15, 0.2) is 0 Å². The van der Waals surface area contributed by atoms with E-state index in [0.717, 1.165) is 0 Å². The molecule has 1 heterocycles. The predicted octanol–water partition coefficient (Wildman–Crippen LogP) is 0.703. The highest BCUT2D eigenvalue weighted by molar-refractivity contribution is 7.89. The van der Waals surface area contributed by atoms with Crippen molar-refractivity contribution >= 4 is 16.0 Å². The van der Waals surface area contributed by atoms with Crippen LogP contribution < -0.4 is 0 Å². The number of carboxylic acid groups (broad SMARTS) is 1. The highest BCUT2D eigenvalue weighted by Gasteiger charge is 2.33. The molecule has 0 saturated carbocycles. The Balaban J connectivity index is 2.49. The molecule has 1 aliphatic heterocycles. The lowest BCUT2D eigenvalue weighted by Gasteiger charge is -2.18. The molecule has 0 amide bonds. The van der Waals surface area contributed by atoms with Gasteiger partial charge in [0.25, 0.3) is 0 Å². The van der Waals surface area contributed by atoms with Crippen molar-refractivity contribution in [3.8, 4) is 0 Å². The standard InChI is InChI=1S/C13H17NO5S/c1-2-9-3-4-10(13(16)17)7-12(9)20(18,19)14-6-5-11(15)8-14/h3-4,7,11,15H,2,5-6,8H2,1H3,(H,16,17)/t11-/m0/s1. The third-order valence-corrected chi connectivity index (χ3v) is 5.39. The molecule has 20 heavy (non-hydrogen) atoms. The van der Waals surface area contributed by atoms with Crippen LogP contribution >= 0.6 is 0 Å². The summed E-state index contributed by atoms with van der Waals surface area (Å²) in [7, 11) is -3.76. The Bertz CT molecular complexity index is 626. The second-order valence-corrected chi connectivity index (χ2v) is 6.69. The minimum atomic E-state index is -3.76. The minimum Gasteiger partial charge on any atom is -0.478 e. The number of hydrogen-bond acceptors (Lipinski definition) is 4. The van der Waals surface area contributed by atoms with E-state index in [2.05, 4.69) is 0 Å². The van der Waals surface area contributed by atoms with Gasteiger partial charge in [0.05, 0.1) is 16.6 Å². The average Bonchev–Trinajstić information content (AvgIpc) is 2.85. The molecule has 1 atom stereocenters. The van der Waals surface area contributed by atoms with Gasteiger partial charge in [-0.2, -0.15) is 4.31 Å². The summed E-state index contributed by atoms with van der Waals surface area (Å²) in [6, 6.07) is 4.13. The topological polar surface area (TPSA) is 94.9 Å². The fraction of sp³-hybridized carbons (Fsp3) is 0.462. The van der Waals surface area contributed by atoms with E-state index in [9.17, 15) is 18.3 Å². The van der Waals surface area contributed by atoms with Gasteiger partial charge in [-0.25, -0.2) is 13.2 Å². The van der Waals surface area contributed by atoms with Crippen LogP contribution in [0.4, 0.5) is 0 Å². The molecule has 0 unspecified atom stereocenters. The van der Waals surface area contributed by atoms with Gasteiger partial charge < -0.3 is 10.2 Å². The summed E-state index contributed by atoms with van der Waals surface area (Å²) in [5.74, 6) is -1.16. The van der Waals surface area contributed by atoms with Crippen LogP contribution in [0.1, 0.15) is 29.3 Å². The molecule has 110 valence electrons. The third kappa shape index (κ3) is 2.70. The summed E-state index contributed by atoms with van der Waals surface area (Å²) in [4.78, 5) is 11.0. The first-order valence-electron chi connectivity index (χ1n) is 6.40. The first-order valence-corrected chi connectivity index (χ1v) is 7.84. The summed E-state index contributed by atoms with van der Waals surface area (Å²) >= 11 is 0. The molecule has 2 N–H and O–H groups in total. The first kappa shape index (κ1) is 15.0. The Morgan fingerprint density at radius 2 is 2.15 bits per heavy atom. The molecule has 1 aliphatic rings. The van der Waals surface area contributed by atoms with E-state index in [4.69, 9.17) is 5.11 Å². The number of aliphatic hydroxyl groups excluding tert-OH is 1. The highest BCUT2D eigenvalue weighted by Crippen LogP contribution is 2.25. The summed E-state index contributed by atoms with van der Waals surface area (Å²) in [6.45, 7) is 2.13. The number of aryl methyl sites for hydroxylation is 1. The fourth-order valence-corrected chi connectivity index (χ4v) is 4.10. The molecule has 0 aliphatic carbocycles. The van der Waals surface area contributed by atoms with Gasteiger partial charge in [-0.1, -0.05) is 13.0 Å². The molecular weight excluding hydrogens is 282 g/mol. The molecule has 0 radical (unpaired) electrons. The van der Waals surface area contributed by atoms with Crippen molar-refractivity contribution in [2.45, 2.75) is 30.8 Å². The van der Waals surface area contributed by atoms with Crippen molar-refractivity contribution in [2.75, 3.05) is 13.1 Å². The van der Waals surface area contributed by atoms with Crippen molar-refractivity contribution in [2.24, 2.45) is 0 Å². The van der Waals surface area contributed by atoms with Crippen molar-refractivity contribution in [1.82, 2.24) is 4.31 Å². The normalized spacial score (nSPS) is 20.2. The molecule has 1 fully saturated rings. The lowest BCUT2D eigenvalue weighted by atomic mass is 10.1. The first-order chi connectivity index (χ1) is 9.36. The summed E-state index contributed by atoms with van der Waals surface area (Å²) in [6.07, 6.45) is 0.238. The summed E-state index contributed by atoms with van der Waals surface area (Å²) < 4.78 is 26.3. The number of β-amino-alcohol motifs (C(OH)–C–C–N with tert-alkyl or cyclic N) is 1. The van der Waals surface area contributed by atoms with E-state index in [1.165, 1.54) is 22.5 Å². The van der Waals surface area contributed by atoms with Gasteiger partial charge in [0.2, 0.25) is 10.0 Å². The number of carbonyl (C=O) groups is 1. The largest absolute Gasteiger partial charge is 0.478 e. The highest BCUT2D eigenvalue weighted by atomic mass is 32.2. The predicted molar refractivity (Wildman–Crippen MR) is 72.2 cm³/mol. The van der Waals surface area contributed by atoms with Crippen LogP contribution in [0.25, 0.3) is 0 Å². The van der Waals surface area contributed by atoms with Crippen LogP contribution in [-0.2, 0) is 16.4 Å². The van der Waals surface area contributed by atoms with Crippen LogP contribution in [0.2, 0.25) is 0 Å². The summed E-state index contributed by atoms with van der Waals surface area (Å²) in [5, 5.41) is 18.5. The Morgan fingerprint density at radius 1 is 1.45 bits per heavy atom. The number of benzene rings is 1. The number of aliphatic hydroxyl groups is 1. The molecule has 0 aromatic heterocycles. The van der Waals surface area contributed by atoms with Crippen molar-refractivity contribution in [3.05, 3.63) is 29.3 Å². The van der Waals surface area contributed by atoms with E-state index in [0.29, 0.717) is 18.4 Å². The van der Waals surface area contributed by atoms with Gasteiger partial charge in [0, 0.05) is 13.1 Å². The van der Waals surface area contributed by atoms with Crippen LogP contribution in [0.15, 0.2) is 23.1 Å². The zero-order valence-electron chi connectivity index (χ0n) is 11.1. The molecule has 1 aromatic carbocycles. The van der Waals surface area contributed by atoms with Crippen LogP contribution in [-0.4, -0.2) is 48.1 Å². The second-order valence-electron chi connectivity index (χ2n) is 4.79. The Morgan fingerprint density at radius 3 is 2.65 bits per heavy atom. The van der Waals surface area contributed by atoms with Gasteiger partial charge in [0.1, 0.15) is 0 Å². The van der Waals surface area contributed by atoms with Crippen molar-refractivity contribution in [3.63, 3.8) is 0 Å². The summed E-state index contributed by atoms with van der Waals surface area (Å²) in [5.41, 5.74) is 0.525. The van der Waals surface area contributed by atoms with Gasteiger partial charge in [-0.3, -0.25) is 0 Å². The minimum absolute atomic E-state index is 0.0222. The van der Waals surface area contributed by atoms with Crippen LogP contribution in [0, 0.1) is 0 Å². The van der Waals surface area contributed by atoms with E-state index in [1.54, 1.807) is 0 Å². The quantitative estimate of drug-likeness (QED) is 0.853. The van der Waals surface area contributed by atoms with E-state index in [-0.39, 0.29) is 23.5 Å². The Labute approximate surface area is 117 Å². The SMILES string of the molecule is CCc1ccc(C(=O)O)cc1S(=O)(=O)N1CC[C@H](O)C1. The molecule has 0 spiro atoms. The number of nitrogens with zero attached hydrogens (tertiary/aromatic N) is 1. The smallest absolute Gasteiger partial charge is 0.335 e. The number of hydrogen-bond donors (Lipinski definition) is 2. The average molecular weight is 299 g/mol. The maximum absolute atomic E-state index is 12.6. The van der Waals surface area contributed by atoms with Crippen molar-refractivity contribution in [1.29, 1.82) is 0 Å². The van der Waals surface area contributed by atoms with E-state index < -0.39 is 22.1 Å². The number of sulfonamides is 1. The lowest BCUT2D eigenvalue weighted by molar-refractivity contribution is 0.0696. The number of aromatic carboxylic acids is 1. The Kier molecular flexibility index (Phi) is 4.12. The van der Waals surface area contributed by atoms with Crippen molar-refractivity contribution < 1.29 is 23.4 Å². The van der Waals surface area contributed by atoms with Gasteiger partial charge >= 0.3 is 5.97 Å². The number of carboxylic acids is 1. The molecular formula is C13H17NO5S. The molecule has 6 nitrogen and oxygen atoms in total. The van der Waals surface area contributed by atoms with Gasteiger partial charge in [-0.05, 0) is 30.5 Å². The zero-order valence-corrected chi connectivity index (χ0v) is 11.9. The van der Waals surface area contributed by atoms with E-state index >= 15 is 0 Å². The number of rotatable bonds is 4. The maximum Gasteiger partial charge on any atom is 0.335 e. The van der Waals surface area contributed by atoms with Gasteiger partial charge in [-0.15, -0.1) is 0 Å². The Hall–Kier alpha value is -1.44. The second kappa shape index (κ2) is 5.51. The van der Waals surface area contributed by atoms with Crippen LogP contribution in [0.5, 0.6) is 0 Å². The molecule has 1 aromatic rings. The fourth-order valence-electron chi connectivity index (χ4n) is 2.29. The monoisotopic (exact) mass is 299 g/mol. The molecule has 2 rings (SSSR count). The zero-order chi connectivity index (χ0) is 14.9. The van der Waals surface area contributed by atoms with Crippen LogP contribution in [0.3, 0.4) is 0 Å². The molecule has 7 heteroatoms. The lowest BCUT2D eigenvalue weighted by Crippen LogP contribution is -2.30. The maximum atomic E-state index is 12.6. The van der Waals surface area contributed by atoms with E-state index in [1.807, 2.05) is 6.92 Å². The third-order valence-electron chi connectivity index (χ3n) is 3.44.